The standard InChI is InChI=1S/C20H20F3N5O/c1-19(17-8-16(20(21,22)23)27-28(17)11-18(24)26-19)14-5-3-4-12(6-14)13-7-15(29-2)10-25-9-13/h3-8,10,25H,9,11H2,1-2H3,(H2,24,26). The number of hydrogen-bond acceptors (Lipinski definition) is 5. The van der Waals surface area contributed by atoms with Gasteiger partial charge in [-0.25, -0.2) is 0 Å². The number of nitrogens with two attached hydrogens (primary N) is 1. The summed E-state index contributed by atoms with van der Waals surface area (Å²) in [6.07, 6.45) is -0.843. The van der Waals surface area contributed by atoms with Crippen molar-refractivity contribution in [1.82, 2.24) is 15.1 Å². The highest BCUT2D eigenvalue weighted by Gasteiger charge is 2.41. The van der Waals surface area contributed by atoms with Crippen LogP contribution in [0.15, 0.2) is 53.4 Å². The summed E-state index contributed by atoms with van der Waals surface area (Å²) in [5.74, 6) is 0.918. The Labute approximate surface area is 165 Å². The predicted molar refractivity (Wildman–Crippen MR) is 103 cm³/mol. The van der Waals surface area contributed by atoms with Crippen LogP contribution in [0.4, 0.5) is 13.2 Å². The third-order valence-electron chi connectivity index (χ3n) is 5.13. The molecule has 0 radical (unpaired) electrons. The van der Waals surface area contributed by atoms with E-state index in [0.717, 1.165) is 22.8 Å². The molecule has 152 valence electrons. The highest BCUT2D eigenvalue weighted by molar-refractivity contribution is 5.82. The molecule has 1 aromatic carbocycles. The topological polar surface area (TPSA) is 77.5 Å². The van der Waals surface area contributed by atoms with Crippen molar-refractivity contribution in [3.05, 3.63) is 70.9 Å². The second kappa shape index (κ2) is 6.68. The number of methoxy groups -OCH3 is 1. The van der Waals surface area contributed by atoms with E-state index in [-0.39, 0.29) is 12.4 Å². The number of ether oxygens (including phenoxy) is 1. The highest BCUT2D eigenvalue weighted by atomic mass is 19.4. The number of dihydropyridines is 1. The molecule has 9 heteroatoms. The number of aliphatic imine (C=N–C) groups is 1. The van der Waals surface area contributed by atoms with Crippen LogP contribution in [0.1, 0.15) is 29.4 Å². The SMILES string of the molecule is COC1=CNCC(c2cccc(C3(C)N=C(N)Cn4nc(C(F)(F)F)cc43)c2)=C1. The van der Waals surface area contributed by atoms with Crippen molar-refractivity contribution in [2.24, 2.45) is 10.7 Å². The zero-order valence-electron chi connectivity index (χ0n) is 15.9. The number of hydrogen-bond donors (Lipinski definition) is 2. The molecule has 1 unspecified atom stereocenters. The summed E-state index contributed by atoms with van der Waals surface area (Å²) >= 11 is 0. The van der Waals surface area contributed by atoms with Crippen molar-refractivity contribution >= 4 is 11.4 Å². The Hall–Kier alpha value is -3.23. The van der Waals surface area contributed by atoms with Crippen LogP contribution in [-0.2, 0) is 23.0 Å². The first-order chi connectivity index (χ1) is 13.7. The lowest BCUT2D eigenvalue weighted by Gasteiger charge is -2.31. The Balaban J connectivity index is 1.81. The van der Waals surface area contributed by atoms with Crippen LogP contribution in [0.25, 0.3) is 5.57 Å². The third kappa shape index (κ3) is 3.37. The number of nitrogens with one attached hydrogen (secondary N) is 1. The molecule has 3 N–H and O–H groups in total. The number of nitrogens with zero attached hydrogens (tertiary/aromatic N) is 3. The van der Waals surface area contributed by atoms with Gasteiger partial charge in [0.05, 0.1) is 19.3 Å². The fourth-order valence-electron chi connectivity index (χ4n) is 3.66. The molecule has 0 saturated carbocycles. The average Bonchev–Trinajstić information content (AvgIpc) is 3.13. The van der Waals surface area contributed by atoms with E-state index >= 15 is 0 Å². The molecule has 1 atom stereocenters. The number of alkyl halides is 3. The molecular formula is C20H20F3N5O. The van der Waals surface area contributed by atoms with Crippen LogP contribution in [0.3, 0.4) is 0 Å². The van der Waals surface area contributed by atoms with Crippen molar-refractivity contribution < 1.29 is 17.9 Å². The van der Waals surface area contributed by atoms with Crippen molar-refractivity contribution in [1.29, 1.82) is 0 Å². The molecule has 2 aliphatic heterocycles. The van der Waals surface area contributed by atoms with Crippen molar-refractivity contribution in [2.45, 2.75) is 25.2 Å². The number of fused-ring (bicyclic) bond motifs is 1. The Bertz CT molecular complexity index is 1050. The first-order valence-corrected chi connectivity index (χ1v) is 8.99. The van der Waals surface area contributed by atoms with Gasteiger partial charge in [-0.2, -0.15) is 18.3 Å². The zero-order valence-corrected chi connectivity index (χ0v) is 15.9. The van der Waals surface area contributed by atoms with E-state index in [2.05, 4.69) is 15.4 Å². The minimum absolute atomic E-state index is 0.0256. The van der Waals surface area contributed by atoms with Crippen LogP contribution in [0.2, 0.25) is 0 Å². The summed E-state index contributed by atoms with van der Waals surface area (Å²) in [6.45, 7) is 2.38. The molecule has 0 aliphatic carbocycles. The maximum atomic E-state index is 13.2. The Morgan fingerprint density at radius 1 is 1.28 bits per heavy atom. The maximum Gasteiger partial charge on any atom is 0.435 e. The molecular weight excluding hydrogens is 383 g/mol. The molecule has 2 aliphatic rings. The minimum Gasteiger partial charge on any atom is -0.495 e. The molecule has 3 heterocycles. The van der Waals surface area contributed by atoms with Gasteiger partial charge < -0.3 is 15.8 Å². The van der Waals surface area contributed by atoms with Gasteiger partial charge in [-0.1, -0.05) is 18.2 Å². The van der Waals surface area contributed by atoms with E-state index in [1.165, 1.54) is 4.68 Å². The van der Waals surface area contributed by atoms with E-state index in [1.54, 1.807) is 20.2 Å². The number of rotatable bonds is 3. The smallest absolute Gasteiger partial charge is 0.435 e. The van der Waals surface area contributed by atoms with Gasteiger partial charge in [-0.15, -0.1) is 0 Å². The van der Waals surface area contributed by atoms with Crippen molar-refractivity contribution in [2.75, 3.05) is 13.7 Å². The second-order valence-corrected chi connectivity index (χ2v) is 7.13. The van der Waals surface area contributed by atoms with Crippen LogP contribution in [-0.4, -0.2) is 29.3 Å². The third-order valence-corrected chi connectivity index (χ3v) is 5.13. The summed E-state index contributed by atoms with van der Waals surface area (Å²) in [7, 11) is 1.59. The molecule has 0 fully saturated rings. The molecule has 2 aromatic rings. The number of halogens is 3. The van der Waals surface area contributed by atoms with Crippen LogP contribution < -0.4 is 11.1 Å². The van der Waals surface area contributed by atoms with E-state index in [0.29, 0.717) is 18.0 Å². The van der Waals surface area contributed by atoms with Crippen LogP contribution in [0.5, 0.6) is 0 Å². The van der Waals surface area contributed by atoms with Gasteiger partial charge in [-0.05, 0) is 41.8 Å². The lowest BCUT2D eigenvalue weighted by Crippen LogP contribution is -2.37. The first-order valence-electron chi connectivity index (χ1n) is 8.99. The maximum absolute atomic E-state index is 13.2. The summed E-state index contributed by atoms with van der Waals surface area (Å²) in [6, 6.07) is 8.59. The number of aromatic nitrogens is 2. The summed E-state index contributed by atoms with van der Waals surface area (Å²) in [4.78, 5) is 4.53. The predicted octanol–water partition coefficient (Wildman–Crippen LogP) is 3.01. The average molecular weight is 403 g/mol. The quantitative estimate of drug-likeness (QED) is 0.826. The highest BCUT2D eigenvalue weighted by Crippen LogP contribution is 2.39. The molecule has 0 bridgehead atoms. The van der Waals surface area contributed by atoms with Crippen molar-refractivity contribution in [3.63, 3.8) is 0 Å². The molecule has 0 saturated heterocycles. The molecule has 4 rings (SSSR count). The van der Waals surface area contributed by atoms with Gasteiger partial charge in [0, 0.05) is 12.7 Å². The molecule has 6 nitrogen and oxygen atoms in total. The summed E-state index contributed by atoms with van der Waals surface area (Å²) < 4.78 is 46.2. The lowest BCUT2D eigenvalue weighted by atomic mass is 9.86. The monoisotopic (exact) mass is 403 g/mol. The largest absolute Gasteiger partial charge is 0.495 e. The van der Waals surface area contributed by atoms with Crippen molar-refractivity contribution in [3.8, 4) is 0 Å². The van der Waals surface area contributed by atoms with Crippen LogP contribution >= 0.6 is 0 Å². The fourth-order valence-corrected chi connectivity index (χ4v) is 3.66. The first kappa shape index (κ1) is 19.1. The van der Waals surface area contributed by atoms with Gasteiger partial charge in [0.25, 0.3) is 0 Å². The van der Waals surface area contributed by atoms with Gasteiger partial charge >= 0.3 is 6.18 Å². The second-order valence-electron chi connectivity index (χ2n) is 7.13. The number of amidine groups is 1. The molecule has 1 aromatic heterocycles. The Morgan fingerprint density at radius 2 is 2.07 bits per heavy atom. The number of allylic oxidation sites excluding steroid dienone is 1. The molecule has 0 amide bonds. The molecule has 0 spiro atoms. The van der Waals surface area contributed by atoms with Gasteiger partial charge in [0.1, 0.15) is 17.1 Å². The minimum atomic E-state index is -4.54. The van der Waals surface area contributed by atoms with E-state index in [9.17, 15) is 13.2 Å². The molecule has 29 heavy (non-hydrogen) atoms. The summed E-state index contributed by atoms with van der Waals surface area (Å²) in [5, 5.41) is 6.86. The Morgan fingerprint density at radius 3 is 2.79 bits per heavy atom. The van der Waals surface area contributed by atoms with E-state index < -0.39 is 17.4 Å². The Kier molecular flexibility index (Phi) is 4.40. The van der Waals surface area contributed by atoms with Crippen LogP contribution in [0, 0.1) is 0 Å². The lowest BCUT2D eigenvalue weighted by molar-refractivity contribution is -0.141. The number of benzene rings is 1. The fraction of sp³-hybridized carbons (Fsp3) is 0.300. The van der Waals surface area contributed by atoms with Gasteiger partial charge in [0.15, 0.2) is 5.69 Å². The van der Waals surface area contributed by atoms with E-state index in [4.69, 9.17) is 10.5 Å². The normalized spacial score (nSPS) is 21.5. The van der Waals surface area contributed by atoms with Gasteiger partial charge in [0.2, 0.25) is 0 Å². The van der Waals surface area contributed by atoms with Gasteiger partial charge in [-0.3, -0.25) is 9.67 Å². The summed E-state index contributed by atoms with van der Waals surface area (Å²) in [5.41, 5.74) is 6.91. The van der Waals surface area contributed by atoms with E-state index in [1.807, 2.05) is 30.3 Å². The zero-order chi connectivity index (χ0) is 20.8.